The Morgan fingerprint density at radius 1 is 0.935 bits per heavy atom. The van der Waals surface area contributed by atoms with Gasteiger partial charge in [0.05, 0.1) is 0 Å². The van der Waals surface area contributed by atoms with Gasteiger partial charge < -0.3 is 9.80 Å². The van der Waals surface area contributed by atoms with Gasteiger partial charge in [-0.15, -0.1) is 0 Å². The Bertz CT molecular complexity index is 1090. The molecule has 1 aliphatic heterocycles. The zero-order valence-corrected chi connectivity index (χ0v) is 18.2. The Labute approximate surface area is 182 Å². The summed E-state index contributed by atoms with van der Waals surface area (Å²) in [6.07, 6.45) is 0.441. The van der Waals surface area contributed by atoms with Gasteiger partial charge in [-0.25, -0.2) is 14.4 Å². The summed E-state index contributed by atoms with van der Waals surface area (Å²) >= 11 is 0. The van der Waals surface area contributed by atoms with Crippen LogP contribution in [-0.2, 0) is 6.42 Å². The second-order valence-electron chi connectivity index (χ2n) is 8.07. The number of benzene rings is 2. The predicted octanol–water partition coefficient (Wildman–Crippen LogP) is 4.09. The number of carbonyl (C=O) groups excluding carboxylic acids is 1. The van der Waals surface area contributed by atoms with Crippen LogP contribution in [0.3, 0.4) is 0 Å². The quantitative estimate of drug-likeness (QED) is 0.640. The Kier molecular flexibility index (Phi) is 5.98. The van der Waals surface area contributed by atoms with Crippen LogP contribution in [0.2, 0.25) is 0 Å². The highest BCUT2D eigenvalue weighted by atomic mass is 19.1. The molecule has 0 atom stereocenters. The van der Waals surface area contributed by atoms with Gasteiger partial charge in [-0.3, -0.25) is 4.79 Å². The van der Waals surface area contributed by atoms with Crippen LogP contribution < -0.4 is 4.90 Å². The third kappa shape index (κ3) is 4.58. The summed E-state index contributed by atoms with van der Waals surface area (Å²) in [6.45, 7) is 8.43. The number of rotatable bonds is 4. The second kappa shape index (κ2) is 8.84. The zero-order chi connectivity index (χ0) is 22.0. The molecule has 0 aliphatic carbocycles. The molecule has 1 amide bonds. The molecule has 0 N–H and O–H groups in total. The average Bonchev–Trinajstić information content (AvgIpc) is 2.77. The topological polar surface area (TPSA) is 49.3 Å². The van der Waals surface area contributed by atoms with E-state index in [1.54, 1.807) is 12.1 Å². The van der Waals surface area contributed by atoms with E-state index < -0.39 is 0 Å². The first-order valence-corrected chi connectivity index (χ1v) is 10.6. The molecule has 1 fully saturated rings. The molecule has 5 nitrogen and oxygen atoms in total. The van der Waals surface area contributed by atoms with Crippen molar-refractivity contribution in [1.29, 1.82) is 0 Å². The van der Waals surface area contributed by atoms with Crippen LogP contribution in [-0.4, -0.2) is 47.0 Å². The van der Waals surface area contributed by atoms with Crippen LogP contribution >= 0.6 is 0 Å². The Morgan fingerprint density at radius 2 is 1.61 bits per heavy atom. The van der Waals surface area contributed by atoms with E-state index in [1.807, 2.05) is 56.0 Å². The van der Waals surface area contributed by atoms with E-state index in [9.17, 15) is 9.18 Å². The van der Waals surface area contributed by atoms with Crippen molar-refractivity contribution in [3.8, 4) is 0 Å². The zero-order valence-electron chi connectivity index (χ0n) is 18.2. The molecular weight excluding hydrogens is 391 g/mol. The number of halogens is 1. The number of aryl methyl sites for hydroxylation is 3. The molecule has 6 heteroatoms. The molecular formula is C25H27FN4O. The highest BCUT2D eigenvalue weighted by Crippen LogP contribution is 2.26. The van der Waals surface area contributed by atoms with E-state index in [0.717, 1.165) is 22.6 Å². The van der Waals surface area contributed by atoms with E-state index in [0.29, 0.717) is 49.6 Å². The first kappa shape index (κ1) is 21.0. The van der Waals surface area contributed by atoms with Crippen LogP contribution in [0, 0.1) is 26.6 Å². The van der Waals surface area contributed by atoms with E-state index in [2.05, 4.69) is 9.88 Å². The number of hydrogen-bond donors (Lipinski definition) is 0. The van der Waals surface area contributed by atoms with Crippen molar-refractivity contribution >= 4 is 11.7 Å². The smallest absolute Gasteiger partial charge is 0.253 e. The van der Waals surface area contributed by atoms with Gasteiger partial charge in [-0.2, -0.15) is 0 Å². The summed E-state index contributed by atoms with van der Waals surface area (Å²) in [5.41, 5.74) is 4.29. The minimum absolute atomic E-state index is 0.0567. The molecule has 0 spiro atoms. The maximum absolute atomic E-state index is 14.3. The van der Waals surface area contributed by atoms with Crippen molar-refractivity contribution in [2.45, 2.75) is 27.2 Å². The molecule has 0 unspecified atom stereocenters. The number of anilines is 1. The lowest BCUT2D eigenvalue weighted by Gasteiger charge is -2.36. The molecule has 0 radical (unpaired) electrons. The fraction of sp³-hybridized carbons (Fsp3) is 0.320. The van der Waals surface area contributed by atoms with Gasteiger partial charge in [0.2, 0.25) is 0 Å². The second-order valence-corrected chi connectivity index (χ2v) is 8.07. The standard InChI is InChI=1S/C25H27FN4O/c1-17-8-10-20(11-9-17)25(31)30-14-12-29(13-15-30)24-22(18(2)27-19(3)28-24)16-21-6-4-5-7-23(21)26/h4-11H,12-16H2,1-3H3. The van der Waals surface area contributed by atoms with Gasteiger partial charge in [-0.1, -0.05) is 35.9 Å². The van der Waals surface area contributed by atoms with Crippen LogP contribution in [0.4, 0.5) is 10.2 Å². The highest BCUT2D eigenvalue weighted by molar-refractivity contribution is 5.94. The van der Waals surface area contributed by atoms with Crippen molar-refractivity contribution in [3.05, 3.63) is 88.1 Å². The van der Waals surface area contributed by atoms with E-state index >= 15 is 0 Å². The van der Waals surface area contributed by atoms with Gasteiger partial charge in [0.15, 0.2) is 0 Å². The Morgan fingerprint density at radius 3 is 2.29 bits per heavy atom. The first-order chi connectivity index (χ1) is 14.9. The summed E-state index contributed by atoms with van der Waals surface area (Å²) in [7, 11) is 0. The van der Waals surface area contributed by atoms with Crippen LogP contribution in [0.25, 0.3) is 0 Å². The average molecular weight is 419 g/mol. The number of hydrogen-bond acceptors (Lipinski definition) is 4. The number of carbonyl (C=O) groups is 1. The van der Waals surface area contributed by atoms with Crippen molar-refractivity contribution in [3.63, 3.8) is 0 Å². The van der Waals surface area contributed by atoms with E-state index in [-0.39, 0.29) is 11.7 Å². The molecule has 0 bridgehead atoms. The Balaban J connectivity index is 1.53. The lowest BCUT2D eigenvalue weighted by molar-refractivity contribution is 0.0746. The Hall–Kier alpha value is -3.28. The van der Waals surface area contributed by atoms with Crippen molar-refractivity contribution in [1.82, 2.24) is 14.9 Å². The van der Waals surface area contributed by atoms with Crippen LogP contribution in [0.15, 0.2) is 48.5 Å². The molecule has 1 aromatic heterocycles. The maximum atomic E-state index is 14.3. The fourth-order valence-electron chi connectivity index (χ4n) is 4.02. The molecule has 2 aromatic carbocycles. The minimum Gasteiger partial charge on any atom is -0.353 e. The van der Waals surface area contributed by atoms with E-state index in [1.165, 1.54) is 6.07 Å². The summed E-state index contributed by atoms with van der Waals surface area (Å²) < 4.78 is 14.3. The number of piperazine rings is 1. The number of amides is 1. The van der Waals surface area contributed by atoms with E-state index in [4.69, 9.17) is 4.98 Å². The molecule has 160 valence electrons. The molecule has 2 heterocycles. The largest absolute Gasteiger partial charge is 0.353 e. The first-order valence-electron chi connectivity index (χ1n) is 10.6. The highest BCUT2D eigenvalue weighted by Gasteiger charge is 2.25. The summed E-state index contributed by atoms with van der Waals surface area (Å²) in [6, 6.07) is 14.5. The third-order valence-corrected chi connectivity index (χ3v) is 5.79. The molecule has 4 rings (SSSR count). The molecule has 31 heavy (non-hydrogen) atoms. The minimum atomic E-state index is -0.220. The molecule has 3 aromatic rings. The SMILES string of the molecule is Cc1ccc(C(=O)N2CCN(c3nc(C)nc(C)c3Cc3ccccc3F)CC2)cc1. The lowest BCUT2D eigenvalue weighted by Crippen LogP contribution is -2.49. The number of nitrogens with zero attached hydrogens (tertiary/aromatic N) is 4. The number of aromatic nitrogens is 2. The van der Waals surface area contributed by atoms with Crippen molar-refractivity contribution < 1.29 is 9.18 Å². The van der Waals surface area contributed by atoms with Crippen molar-refractivity contribution in [2.75, 3.05) is 31.1 Å². The lowest BCUT2D eigenvalue weighted by atomic mass is 10.0. The van der Waals surface area contributed by atoms with Crippen molar-refractivity contribution in [2.24, 2.45) is 0 Å². The third-order valence-electron chi connectivity index (χ3n) is 5.79. The van der Waals surface area contributed by atoms with Gasteiger partial charge >= 0.3 is 0 Å². The van der Waals surface area contributed by atoms with Gasteiger partial charge in [0.1, 0.15) is 17.5 Å². The molecule has 1 saturated heterocycles. The van der Waals surface area contributed by atoms with Gasteiger partial charge in [-0.05, 0) is 44.5 Å². The fourth-order valence-corrected chi connectivity index (χ4v) is 4.02. The summed E-state index contributed by atoms with van der Waals surface area (Å²) in [5.74, 6) is 1.38. The molecule has 1 aliphatic rings. The predicted molar refractivity (Wildman–Crippen MR) is 120 cm³/mol. The monoisotopic (exact) mass is 418 g/mol. The molecule has 0 saturated carbocycles. The van der Waals surface area contributed by atoms with Crippen LogP contribution in [0.1, 0.15) is 38.6 Å². The van der Waals surface area contributed by atoms with Gasteiger partial charge in [0, 0.05) is 49.4 Å². The normalized spacial score (nSPS) is 14.1. The maximum Gasteiger partial charge on any atom is 0.253 e. The summed E-state index contributed by atoms with van der Waals surface area (Å²) in [4.78, 5) is 26.2. The summed E-state index contributed by atoms with van der Waals surface area (Å²) in [5, 5.41) is 0. The van der Waals surface area contributed by atoms with Crippen LogP contribution in [0.5, 0.6) is 0 Å². The van der Waals surface area contributed by atoms with Gasteiger partial charge in [0.25, 0.3) is 5.91 Å².